The van der Waals surface area contributed by atoms with Crippen LogP contribution in [-0.2, 0) is 9.53 Å². The topological polar surface area (TPSA) is 50.1 Å². The summed E-state index contributed by atoms with van der Waals surface area (Å²) in [6.07, 6.45) is 2.79. The van der Waals surface area contributed by atoms with Gasteiger partial charge in [0.05, 0.1) is 12.2 Å². The van der Waals surface area contributed by atoms with E-state index in [9.17, 15) is 9.18 Å². The Morgan fingerprint density at radius 3 is 3.00 bits per heavy atom. The first-order valence-electron chi connectivity index (χ1n) is 6.61. The summed E-state index contributed by atoms with van der Waals surface area (Å²) >= 11 is 5.91. The molecule has 0 amide bonds. The summed E-state index contributed by atoms with van der Waals surface area (Å²) in [5.74, 6) is -2.07. The van der Waals surface area contributed by atoms with E-state index in [0.717, 1.165) is 19.4 Å². The third kappa shape index (κ3) is 3.36. The van der Waals surface area contributed by atoms with Crippen molar-refractivity contribution in [2.24, 2.45) is 0 Å². The van der Waals surface area contributed by atoms with E-state index in [0.29, 0.717) is 6.42 Å². The lowest BCUT2D eigenvalue weighted by Gasteiger charge is -2.13. The summed E-state index contributed by atoms with van der Waals surface area (Å²) in [7, 11) is 0. The van der Waals surface area contributed by atoms with Crippen LogP contribution < -0.4 is 0 Å². The van der Waals surface area contributed by atoms with E-state index in [1.165, 1.54) is 18.2 Å². The smallest absolute Gasteiger partial charge is 0.154 e. The predicted octanol–water partition coefficient (Wildman–Crippen LogP) is 3.61. The second-order valence-electron chi connectivity index (χ2n) is 4.84. The second kappa shape index (κ2) is 6.83. The molecule has 20 heavy (non-hydrogen) atoms. The molecule has 1 aromatic rings. The highest BCUT2D eigenvalue weighted by atomic mass is 35.5. The number of benzene rings is 1. The molecule has 0 saturated carbocycles. The molecule has 0 bridgehead atoms. The largest absolute Gasteiger partial charge is 0.378 e. The minimum atomic E-state index is -1.15. The first-order valence-corrected chi connectivity index (χ1v) is 6.99. The van der Waals surface area contributed by atoms with Crippen molar-refractivity contribution in [2.75, 3.05) is 6.61 Å². The van der Waals surface area contributed by atoms with Crippen LogP contribution in [0.25, 0.3) is 0 Å². The van der Waals surface area contributed by atoms with Crippen LogP contribution in [0.2, 0.25) is 5.02 Å². The lowest BCUT2D eigenvalue weighted by atomic mass is 9.92. The highest BCUT2D eigenvalue weighted by Gasteiger charge is 2.27. The zero-order valence-electron chi connectivity index (χ0n) is 10.9. The number of nitriles is 1. The van der Waals surface area contributed by atoms with Gasteiger partial charge in [0.15, 0.2) is 5.78 Å². The Labute approximate surface area is 122 Å². The Hall–Kier alpha value is -1.44. The quantitative estimate of drug-likeness (QED) is 0.833. The molecule has 1 fully saturated rings. The number of nitrogens with zero attached hydrogens (tertiary/aromatic N) is 1. The molecule has 2 rings (SSSR count). The van der Waals surface area contributed by atoms with Gasteiger partial charge in [-0.15, -0.1) is 0 Å². The van der Waals surface area contributed by atoms with E-state index < -0.39 is 11.7 Å². The number of ketones is 1. The molecule has 0 aliphatic carbocycles. The van der Waals surface area contributed by atoms with Crippen molar-refractivity contribution < 1.29 is 13.9 Å². The van der Waals surface area contributed by atoms with Gasteiger partial charge in [-0.05, 0) is 31.4 Å². The van der Waals surface area contributed by atoms with Crippen LogP contribution in [0.4, 0.5) is 4.39 Å². The molecular formula is C15H15ClFNO2. The predicted molar refractivity (Wildman–Crippen MR) is 73.0 cm³/mol. The van der Waals surface area contributed by atoms with Gasteiger partial charge in [-0.3, -0.25) is 4.79 Å². The van der Waals surface area contributed by atoms with E-state index in [1.807, 2.05) is 6.07 Å². The number of ether oxygens (including phenoxy) is 1. The molecule has 106 valence electrons. The van der Waals surface area contributed by atoms with Crippen molar-refractivity contribution in [1.82, 2.24) is 0 Å². The zero-order chi connectivity index (χ0) is 14.5. The second-order valence-corrected chi connectivity index (χ2v) is 5.24. The van der Waals surface area contributed by atoms with Crippen molar-refractivity contribution in [1.29, 1.82) is 5.26 Å². The lowest BCUT2D eigenvalue weighted by Crippen LogP contribution is -2.16. The SMILES string of the molecule is N#CC(C(=O)CCC1CCCO1)c1c(F)cccc1Cl. The zero-order valence-corrected chi connectivity index (χ0v) is 11.7. The fraction of sp³-hybridized carbons (Fsp3) is 0.467. The fourth-order valence-electron chi connectivity index (χ4n) is 2.40. The molecular weight excluding hydrogens is 281 g/mol. The molecule has 0 N–H and O–H groups in total. The number of halogens is 2. The number of hydrogen-bond acceptors (Lipinski definition) is 3. The van der Waals surface area contributed by atoms with Gasteiger partial charge in [-0.1, -0.05) is 17.7 Å². The van der Waals surface area contributed by atoms with Crippen molar-refractivity contribution in [2.45, 2.75) is 37.7 Å². The van der Waals surface area contributed by atoms with Crippen molar-refractivity contribution in [3.05, 3.63) is 34.6 Å². The molecule has 1 aliphatic heterocycles. The minimum Gasteiger partial charge on any atom is -0.378 e. The molecule has 0 spiro atoms. The van der Waals surface area contributed by atoms with E-state index in [4.69, 9.17) is 21.6 Å². The average molecular weight is 296 g/mol. The Morgan fingerprint density at radius 1 is 1.60 bits per heavy atom. The van der Waals surface area contributed by atoms with Crippen LogP contribution in [0.1, 0.15) is 37.2 Å². The van der Waals surface area contributed by atoms with E-state index in [2.05, 4.69) is 0 Å². The Balaban J connectivity index is 2.07. The van der Waals surface area contributed by atoms with Gasteiger partial charge in [0.2, 0.25) is 0 Å². The highest BCUT2D eigenvalue weighted by molar-refractivity contribution is 6.31. The van der Waals surface area contributed by atoms with Crippen LogP contribution in [0, 0.1) is 17.1 Å². The Bertz CT molecular complexity index is 515. The number of carbonyl (C=O) groups is 1. The summed E-state index contributed by atoms with van der Waals surface area (Å²) in [5.41, 5.74) is -0.0194. The molecule has 0 radical (unpaired) electrons. The van der Waals surface area contributed by atoms with Crippen LogP contribution in [0.5, 0.6) is 0 Å². The average Bonchev–Trinajstić information content (AvgIpc) is 2.93. The number of rotatable bonds is 5. The number of hydrogen-bond donors (Lipinski definition) is 0. The van der Waals surface area contributed by atoms with E-state index in [1.54, 1.807) is 0 Å². The molecule has 2 unspecified atom stereocenters. The van der Waals surface area contributed by atoms with Crippen LogP contribution >= 0.6 is 11.6 Å². The minimum absolute atomic E-state index is 0.0194. The van der Waals surface area contributed by atoms with Crippen LogP contribution in [-0.4, -0.2) is 18.5 Å². The lowest BCUT2D eigenvalue weighted by molar-refractivity contribution is -0.120. The van der Waals surface area contributed by atoms with E-state index in [-0.39, 0.29) is 28.9 Å². The third-order valence-corrected chi connectivity index (χ3v) is 3.81. The first kappa shape index (κ1) is 15.0. The normalized spacial score (nSPS) is 19.6. The third-order valence-electron chi connectivity index (χ3n) is 3.48. The standard InChI is InChI=1S/C15H15ClFNO2/c16-12-4-1-5-13(17)15(12)11(9-18)14(19)7-6-10-3-2-8-20-10/h1,4-5,10-11H,2-3,6-8H2. The van der Waals surface area contributed by atoms with Gasteiger partial charge < -0.3 is 4.74 Å². The molecule has 1 aromatic carbocycles. The van der Waals surface area contributed by atoms with Gasteiger partial charge in [-0.2, -0.15) is 5.26 Å². The summed E-state index contributed by atoms with van der Waals surface area (Å²) in [6, 6.07) is 6.00. The van der Waals surface area contributed by atoms with Gasteiger partial charge in [0.1, 0.15) is 11.7 Å². The highest BCUT2D eigenvalue weighted by Crippen LogP contribution is 2.29. The molecule has 0 aromatic heterocycles. The molecule has 5 heteroatoms. The molecule has 1 aliphatic rings. The molecule has 1 saturated heterocycles. The summed E-state index contributed by atoms with van der Waals surface area (Å²) in [6.45, 7) is 0.722. The summed E-state index contributed by atoms with van der Waals surface area (Å²) in [4.78, 5) is 12.1. The maximum absolute atomic E-state index is 13.8. The van der Waals surface area contributed by atoms with Gasteiger partial charge >= 0.3 is 0 Å². The van der Waals surface area contributed by atoms with Crippen molar-refractivity contribution in [3.8, 4) is 6.07 Å². The summed E-state index contributed by atoms with van der Waals surface area (Å²) < 4.78 is 19.2. The Kier molecular flexibility index (Phi) is 5.11. The molecule has 3 nitrogen and oxygen atoms in total. The Morgan fingerprint density at radius 2 is 2.40 bits per heavy atom. The monoisotopic (exact) mass is 295 g/mol. The summed E-state index contributed by atoms with van der Waals surface area (Å²) in [5, 5.41) is 9.28. The molecule has 2 atom stereocenters. The maximum atomic E-state index is 13.8. The maximum Gasteiger partial charge on any atom is 0.154 e. The van der Waals surface area contributed by atoms with Gasteiger partial charge in [0, 0.05) is 23.6 Å². The number of carbonyl (C=O) groups excluding carboxylic acids is 1. The van der Waals surface area contributed by atoms with Crippen LogP contribution in [0.3, 0.4) is 0 Å². The molecule has 1 heterocycles. The van der Waals surface area contributed by atoms with Gasteiger partial charge in [0.25, 0.3) is 0 Å². The van der Waals surface area contributed by atoms with Crippen LogP contribution in [0.15, 0.2) is 18.2 Å². The van der Waals surface area contributed by atoms with E-state index >= 15 is 0 Å². The van der Waals surface area contributed by atoms with Gasteiger partial charge in [-0.25, -0.2) is 4.39 Å². The first-order chi connectivity index (χ1) is 9.63. The van der Waals surface area contributed by atoms with Crippen molar-refractivity contribution in [3.63, 3.8) is 0 Å². The number of Topliss-reactive ketones (excluding diaryl/α,β-unsaturated/α-hetero) is 1. The fourth-order valence-corrected chi connectivity index (χ4v) is 2.68. The van der Waals surface area contributed by atoms with Crippen molar-refractivity contribution >= 4 is 17.4 Å².